The zero-order valence-corrected chi connectivity index (χ0v) is 24.9. The Morgan fingerprint density at radius 1 is 1.02 bits per heavy atom. The number of carbonyl (C=O) groups excluding carboxylic acids is 2. The maximum Gasteiger partial charge on any atom is 0.337 e. The average Bonchev–Trinajstić information content (AvgIpc) is 3.38. The van der Waals surface area contributed by atoms with Crippen molar-refractivity contribution in [2.45, 2.75) is 32.1 Å². The van der Waals surface area contributed by atoms with E-state index >= 15 is 8.78 Å². The van der Waals surface area contributed by atoms with Crippen molar-refractivity contribution in [2.75, 3.05) is 20.8 Å². The van der Waals surface area contributed by atoms with E-state index in [9.17, 15) is 14.0 Å². The Bertz CT molecular complexity index is 1960. The summed E-state index contributed by atoms with van der Waals surface area (Å²) in [7, 11) is 2.71. The van der Waals surface area contributed by atoms with Gasteiger partial charge in [-0.2, -0.15) is 0 Å². The molecule has 0 saturated carbocycles. The van der Waals surface area contributed by atoms with E-state index in [2.05, 4.69) is 20.3 Å². The van der Waals surface area contributed by atoms with Crippen molar-refractivity contribution >= 4 is 22.9 Å². The van der Waals surface area contributed by atoms with E-state index in [1.165, 1.54) is 32.5 Å². The summed E-state index contributed by atoms with van der Waals surface area (Å²) < 4.78 is 63.5. The highest BCUT2D eigenvalue weighted by molar-refractivity contribution is 5.94. The third-order valence-electron chi connectivity index (χ3n) is 7.68. The van der Waals surface area contributed by atoms with Gasteiger partial charge in [0.1, 0.15) is 35.6 Å². The summed E-state index contributed by atoms with van der Waals surface area (Å²) in [6, 6.07) is 12.7. The molecule has 1 amide bonds. The number of nitrogens with zero attached hydrogens (tertiary/aromatic N) is 4. The van der Waals surface area contributed by atoms with Gasteiger partial charge < -0.3 is 24.1 Å². The zero-order valence-electron chi connectivity index (χ0n) is 24.9. The fourth-order valence-corrected chi connectivity index (χ4v) is 5.09. The number of rotatable bonds is 10. The minimum absolute atomic E-state index is 0.0210. The van der Waals surface area contributed by atoms with Gasteiger partial charge in [-0.05, 0) is 48.4 Å². The molecule has 4 heterocycles. The number of nitrogens with one attached hydrogen (secondary N) is 1. The van der Waals surface area contributed by atoms with E-state index in [0.717, 1.165) is 24.6 Å². The van der Waals surface area contributed by atoms with Crippen LogP contribution in [0.4, 0.5) is 13.2 Å². The Morgan fingerprint density at radius 2 is 1.83 bits per heavy atom. The normalized spacial score (nSPS) is 14.2. The highest BCUT2D eigenvalue weighted by Crippen LogP contribution is 2.29. The lowest BCUT2D eigenvalue weighted by Gasteiger charge is -2.27. The first-order valence-electron chi connectivity index (χ1n) is 14.4. The van der Waals surface area contributed by atoms with Crippen molar-refractivity contribution in [1.29, 1.82) is 0 Å². The molecule has 1 aliphatic heterocycles. The number of hydrogen-bond acceptors (Lipinski definition) is 8. The first-order valence-corrected chi connectivity index (χ1v) is 14.4. The topological polar surface area (TPSA) is 117 Å². The second-order valence-corrected chi connectivity index (χ2v) is 10.6. The van der Waals surface area contributed by atoms with E-state index in [-0.39, 0.29) is 53.1 Å². The minimum atomic E-state index is -0.709. The number of imidazole rings is 1. The Morgan fingerprint density at radius 3 is 2.54 bits per heavy atom. The van der Waals surface area contributed by atoms with Crippen LogP contribution < -0.4 is 10.1 Å². The van der Waals surface area contributed by atoms with Crippen LogP contribution in [0.1, 0.15) is 44.2 Å². The van der Waals surface area contributed by atoms with Gasteiger partial charge in [0.15, 0.2) is 0 Å². The van der Waals surface area contributed by atoms with Crippen molar-refractivity contribution in [3.63, 3.8) is 0 Å². The van der Waals surface area contributed by atoms with Crippen molar-refractivity contribution in [1.82, 2.24) is 24.8 Å². The molecule has 0 aliphatic carbocycles. The summed E-state index contributed by atoms with van der Waals surface area (Å²) in [6.07, 6.45) is 1.95. The fourth-order valence-electron chi connectivity index (χ4n) is 5.09. The molecule has 1 fully saturated rings. The van der Waals surface area contributed by atoms with Gasteiger partial charge in [-0.3, -0.25) is 9.78 Å². The molecule has 0 bridgehead atoms. The molecule has 10 nitrogen and oxygen atoms in total. The summed E-state index contributed by atoms with van der Waals surface area (Å²) in [4.78, 5) is 36.7. The SMILES string of the molecule is CNC(=O)c1cc(F)c(COc2cccc(-c3cc(F)c(Cc4nc5ccc(C(=O)OC)cc5n4CC4CCO4)cc3F)n2)cn1. The molecule has 13 heteroatoms. The lowest BCUT2D eigenvalue weighted by atomic mass is 10.0. The Balaban J connectivity index is 1.24. The van der Waals surface area contributed by atoms with E-state index in [1.807, 2.05) is 4.57 Å². The van der Waals surface area contributed by atoms with Crippen LogP contribution in [0.5, 0.6) is 5.88 Å². The van der Waals surface area contributed by atoms with Gasteiger partial charge in [-0.1, -0.05) is 6.07 Å². The van der Waals surface area contributed by atoms with Gasteiger partial charge in [-0.15, -0.1) is 0 Å². The maximum absolute atomic E-state index is 15.5. The summed E-state index contributed by atoms with van der Waals surface area (Å²) in [5.74, 6) is -2.56. The molecule has 3 aromatic heterocycles. The second-order valence-electron chi connectivity index (χ2n) is 10.6. The number of esters is 1. The van der Waals surface area contributed by atoms with Crippen LogP contribution in [-0.4, -0.2) is 58.3 Å². The predicted molar refractivity (Wildman–Crippen MR) is 160 cm³/mol. The Hall–Kier alpha value is -5.30. The molecule has 6 rings (SSSR count). The average molecular weight is 632 g/mol. The minimum Gasteiger partial charge on any atom is -0.473 e. The van der Waals surface area contributed by atoms with Crippen LogP contribution in [0, 0.1) is 17.5 Å². The van der Waals surface area contributed by atoms with E-state index in [1.54, 1.807) is 24.3 Å². The summed E-state index contributed by atoms with van der Waals surface area (Å²) in [5, 5.41) is 2.37. The van der Waals surface area contributed by atoms with E-state index in [4.69, 9.17) is 14.2 Å². The van der Waals surface area contributed by atoms with Crippen molar-refractivity contribution in [3.8, 4) is 17.1 Å². The first kappa shape index (κ1) is 30.7. The first-order chi connectivity index (χ1) is 22.2. The van der Waals surface area contributed by atoms with Crippen LogP contribution in [-0.2, 0) is 29.0 Å². The molecule has 2 aromatic carbocycles. The monoisotopic (exact) mass is 631 g/mol. The van der Waals surface area contributed by atoms with Gasteiger partial charge >= 0.3 is 5.97 Å². The second kappa shape index (κ2) is 13.0. The summed E-state index contributed by atoms with van der Waals surface area (Å²) in [6.45, 7) is 0.822. The van der Waals surface area contributed by atoms with Crippen molar-refractivity contribution < 1.29 is 37.0 Å². The highest BCUT2D eigenvalue weighted by atomic mass is 19.1. The lowest BCUT2D eigenvalue weighted by Crippen LogP contribution is -2.31. The molecule has 46 heavy (non-hydrogen) atoms. The molecule has 1 atom stereocenters. The Labute approximate surface area is 261 Å². The number of methoxy groups -OCH3 is 1. The summed E-state index contributed by atoms with van der Waals surface area (Å²) >= 11 is 0. The molecule has 5 aromatic rings. The van der Waals surface area contributed by atoms with Crippen LogP contribution in [0.15, 0.2) is 60.8 Å². The van der Waals surface area contributed by atoms with Crippen LogP contribution in [0.2, 0.25) is 0 Å². The lowest BCUT2D eigenvalue weighted by molar-refractivity contribution is -0.0589. The number of ether oxygens (including phenoxy) is 3. The van der Waals surface area contributed by atoms with Crippen LogP contribution in [0.25, 0.3) is 22.3 Å². The molecule has 1 aliphatic rings. The van der Waals surface area contributed by atoms with Gasteiger partial charge in [-0.25, -0.2) is 27.9 Å². The largest absolute Gasteiger partial charge is 0.473 e. The number of fused-ring (bicyclic) bond motifs is 1. The maximum atomic E-state index is 15.5. The quantitative estimate of drug-likeness (QED) is 0.214. The van der Waals surface area contributed by atoms with Crippen molar-refractivity contribution in [3.05, 3.63) is 106 Å². The highest BCUT2D eigenvalue weighted by Gasteiger charge is 2.24. The number of aromatic nitrogens is 4. The number of pyridine rings is 2. The molecular weight excluding hydrogens is 603 g/mol. The molecule has 0 spiro atoms. The number of benzene rings is 2. The molecule has 1 unspecified atom stereocenters. The molecule has 1 N–H and O–H groups in total. The predicted octanol–water partition coefficient (Wildman–Crippen LogP) is 5.02. The molecule has 0 radical (unpaired) electrons. The summed E-state index contributed by atoms with van der Waals surface area (Å²) in [5.41, 5.74) is 1.70. The third kappa shape index (κ3) is 6.26. The molecular formula is C33H28F3N5O5. The fraction of sp³-hybridized carbons (Fsp3) is 0.242. The number of halogens is 3. The van der Waals surface area contributed by atoms with Gasteiger partial charge in [0.25, 0.3) is 5.91 Å². The number of carbonyl (C=O) groups is 2. The van der Waals surface area contributed by atoms with Gasteiger partial charge in [0.05, 0.1) is 42.0 Å². The Kier molecular flexibility index (Phi) is 8.66. The molecule has 1 saturated heterocycles. The van der Waals surface area contributed by atoms with Gasteiger partial charge in [0, 0.05) is 49.5 Å². The number of amides is 1. The van der Waals surface area contributed by atoms with Crippen LogP contribution in [0.3, 0.4) is 0 Å². The smallest absolute Gasteiger partial charge is 0.337 e. The molecule has 236 valence electrons. The van der Waals surface area contributed by atoms with Crippen molar-refractivity contribution in [2.24, 2.45) is 0 Å². The third-order valence-corrected chi connectivity index (χ3v) is 7.68. The zero-order chi connectivity index (χ0) is 32.4. The standard InChI is InChI=1S/C33H28F3N5O5/c1-37-32(42)28-14-24(35)20(15-38-28)17-46-31-5-3-4-26(40-31)22-13-23(34)19(10-25(22)36)12-30-39-27-7-6-18(33(43)44-2)11-29(27)41(30)16-21-8-9-45-21/h3-7,10-11,13-15,21H,8-9,12,16-17H2,1-2H3,(H,37,42). The number of hydrogen-bond donors (Lipinski definition) is 1. The van der Waals surface area contributed by atoms with Crippen LogP contribution >= 0.6 is 0 Å². The van der Waals surface area contributed by atoms with E-state index in [0.29, 0.717) is 35.6 Å². The van der Waals surface area contributed by atoms with E-state index < -0.39 is 29.3 Å². The van der Waals surface area contributed by atoms with Gasteiger partial charge in [0.2, 0.25) is 5.88 Å².